The molecule has 1 aromatic heterocycles. The first-order valence-electron chi connectivity index (χ1n) is 6.51. The molecule has 110 valence electrons. The Bertz CT molecular complexity index is 677. The van der Waals surface area contributed by atoms with Crippen molar-refractivity contribution in [1.29, 1.82) is 0 Å². The summed E-state index contributed by atoms with van der Waals surface area (Å²) in [7, 11) is 0. The van der Waals surface area contributed by atoms with Crippen LogP contribution in [0.2, 0.25) is 0 Å². The summed E-state index contributed by atoms with van der Waals surface area (Å²) in [5.41, 5.74) is -0.180. The number of carbonyl (C=O) groups excluding carboxylic acids is 1. The lowest BCUT2D eigenvalue weighted by molar-refractivity contribution is -0.138. The van der Waals surface area contributed by atoms with Crippen molar-refractivity contribution in [2.24, 2.45) is 0 Å². The lowest BCUT2D eigenvalue weighted by atomic mass is 10.0. The van der Waals surface area contributed by atoms with Crippen LogP contribution in [0.4, 0.5) is 10.5 Å². The molecule has 0 saturated heterocycles. The third-order valence-electron chi connectivity index (χ3n) is 2.97. The normalized spacial score (nSPS) is 11.1. The fourth-order valence-corrected chi connectivity index (χ4v) is 2.11. The van der Waals surface area contributed by atoms with Crippen LogP contribution in [0.3, 0.4) is 0 Å². The van der Waals surface area contributed by atoms with Gasteiger partial charge in [-0.25, -0.2) is 4.79 Å². The van der Waals surface area contributed by atoms with Crippen molar-refractivity contribution in [3.05, 3.63) is 36.7 Å². The Balaban J connectivity index is 2.13. The topological polar surface area (TPSA) is 91.3 Å². The van der Waals surface area contributed by atoms with Crippen LogP contribution >= 0.6 is 0 Å². The lowest BCUT2D eigenvalue weighted by Gasteiger charge is -2.24. The minimum atomic E-state index is -0.962. The van der Waals surface area contributed by atoms with Gasteiger partial charge in [-0.3, -0.25) is 9.78 Å². The number of aromatic nitrogens is 1. The van der Waals surface area contributed by atoms with Crippen molar-refractivity contribution in [3.63, 3.8) is 0 Å². The van der Waals surface area contributed by atoms with Crippen LogP contribution in [0, 0.1) is 0 Å². The molecule has 0 aliphatic heterocycles. The van der Waals surface area contributed by atoms with Gasteiger partial charge in [0.1, 0.15) is 0 Å². The van der Waals surface area contributed by atoms with E-state index in [9.17, 15) is 9.59 Å². The predicted molar refractivity (Wildman–Crippen MR) is 80.2 cm³/mol. The Kier molecular flexibility index (Phi) is 4.07. The van der Waals surface area contributed by atoms with Gasteiger partial charge in [0.2, 0.25) is 0 Å². The Morgan fingerprint density at radius 3 is 2.76 bits per heavy atom. The molecule has 0 saturated carbocycles. The number of aliphatic carboxylic acids is 1. The average Bonchev–Trinajstić information content (AvgIpc) is 2.36. The highest BCUT2D eigenvalue weighted by Gasteiger charge is 2.23. The molecule has 21 heavy (non-hydrogen) atoms. The second kappa shape index (κ2) is 5.78. The molecule has 2 amide bonds. The molecule has 1 aromatic carbocycles. The molecule has 0 aliphatic rings. The standard InChI is InChI=1S/C15H17N3O3/c1-15(2,8-13(19)20)18-14(21)17-12-5-3-4-10-9-16-7-6-11(10)12/h3-7,9H,8H2,1-2H3,(H,19,20)(H2,17,18,21). The molecule has 0 bridgehead atoms. The second-order valence-corrected chi connectivity index (χ2v) is 5.44. The molecule has 6 nitrogen and oxygen atoms in total. The predicted octanol–water partition coefficient (Wildman–Crippen LogP) is 2.61. The second-order valence-electron chi connectivity index (χ2n) is 5.44. The quantitative estimate of drug-likeness (QED) is 0.806. The number of urea groups is 1. The number of amides is 2. The maximum Gasteiger partial charge on any atom is 0.319 e. The minimum Gasteiger partial charge on any atom is -0.481 e. The van der Waals surface area contributed by atoms with E-state index in [-0.39, 0.29) is 6.42 Å². The number of rotatable bonds is 4. The Morgan fingerprint density at radius 1 is 1.29 bits per heavy atom. The Morgan fingerprint density at radius 2 is 2.05 bits per heavy atom. The number of nitrogens with one attached hydrogen (secondary N) is 2. The van der Waals surface area contributed by atoms with Gasteiger partial charge in [-0.2, -0.15) is 0 Å². The molecule has 2 rings (SSSR count). The van der Waals surface area contributed by atoms with Gasteiger partial charge in [-0.15, -0.1) is 0 Å². The molecule has 3 N–H and O–H groups in total. The number of benzene rings is 1. The number of carbonyl (C=O) groups is 2. The van der Waals surface area contributed by atoms with E-state index in [1.807, 2.05) is 18.2 Å². The van der Waals surface area contributed by atoms with E-state index in [2.05, 4.69) is 15.6 Å². The number of nitrogens with zero attached hydrogens (tertiary/aromatic N) is 1. The van der Waals surface area contributed by atoms with E-state index in [1.165, 1.54) is 0 Å². The molecule has 6 heteroatoms. The van der Waals surface area contributed by atoms with Crippen LogP contribution < -0.4 is 10.6 Å². The minimum absolute atomic E-state index is 0.153. The molecule has 0 spiro atoms. The summed E-state index contributed by atoms with van der Waals surface area (Å²) in [6, 6.07) is 6.88. The van der Waals surface area contributed by atoms with Gasteiger partial charge in [0.05, 0.1) is 12.1 Å². The van der Waals surface area contributed by atoms with E-state index < -0.39 is 17.5 Å². The number of anilines is 1. The van der Waals surface area contributed by atoms with E-state index in [0.29, 0.717) is 5.69 Å². The number of pyridine rings is 1. The number of hydrogen-bond acceptors (Lipinski definition) is 3. The van der Waals surface area contributed by atoms with E-state index in [0.717, 1.165) is 10.8 Å². The maximum atomic E-state index is 12.0. The molecule has 0 atom stereocenters. The van der Waals surface area contributed by atoms with Crippen LogP contribution in [-0.2, 0) is 4.79 Å². The molecule has 0 radical (unpaired) electrons. The van der Waals surface area contributed by atoms with Crippen LogP contribution in [0.5, 0.6) is 0 Å². The SMILES string of the molecule is CC(C)(CC(=O)O)NC(=O)Nc1cccc2cnccc12. The van der Waals surface area contributed by atoms with Crippen molar-refractivity contribution < 1.29 is 14.7 Å². The first kappa shape index (κ1) is 14.8. The third kappa shape index (κ3) is 3.92. The van der Waals surface area contributed by atoms with E-state index in [1.54, 1.807) is 32.3 Å². The Labute approximate surface area is 122 Å². The van der Waals surface area contributed by atoms with Crippen molar-refractivity contribution in [2.45, 2.75) is 25.8 Å². The monoisotopic (exact) mass is 287 g/mol. The maximum absolute atomic E-state index is 12.0. The molecular weight excluding hydrogens is 270 g/mol. The van der Waals surface area contributed by atoms with Crippen LogP contribution in [0.25, 0.3) is 10.8 Å². The molecule has 2 aromatic rings. The number of carboxylic acid groups (broad SMARTS) is 1. The van der Waals surface area contributed by atoms with Crippen LogP contribution in [0.15, 0.2) is 36.7 Å². The number of carboxylic acids is 1. The fourth-order valence-electron chi connectivity index (χ4n) is 2.11. The summed E-state index contributed by atoms with van der Waals surface area (Å²) >= 11 is 0. The largest absolute Gasteiger partial charge is 0.481 e. The molecule has 0 aliphatic carbocycles. The first-order valence-corrected chi connectivity index (χ1v) is 6.51. The van der Waals surface area contributed by atoms with Gasteiger partial charge >= 0.3 is 12.0 Å². The molecular formula is C15H17N3O3. The zero-order valence-electron chi connectivity index (χ0n) is 11.9. The average molecular weight is 287 g/mol. The van der Waals surface area contributed by atoms with Crippen molar-refractivity contribution in [1.82, 2.24) is 10.3 Å². The summed E-state index contributed by atoms with van der Waals surface area (Å²) in [4.78, 5) is 26.8. The van der Waals surface area contributed by atoms with Gasteiger partial charge in [-0.05, 0) is 26.0 Å². The third-order valence-corrected chi connectivity index (χ3v) is 2.97. The highest BCUT2D eigenvalue weighted by molar-refractivity contribution is 6.01. The molecule has 1 heterocycles. The van der Waals surface area contributed by atoms with Crippen LogP contribution in [-0.4, -0.2) is 27.6 Å². The molecule has 0 unspecified atom stereocenters. The van der Waals surface area contributed by atoms with Crippen molar-refractivity contribution in [2.75, 3.05) is 5.32 Å². The zero-order chi connectivity index (χ0) is 15.5. The smallest absolute Gasteiger partial charge is 0.319 e. The van der Waals surface area contributed by atoms with Crippen LogP contribution in [0.1, 0.15) is 20.3 Å². The fraction of sp³-hybridized carbons (Fsp3) is 0.267. The van der Waals surface area contributed by atoms with Gasteiger partial charge in [0.15, 0.2) is 0 Å². The van der Waals surface area contributed by atoms with E-state index in [4.69, 9.17) is 5.11 Å². The van der Waals surface area contributed by atoms with E-state index >= 15 is 0 Å². The zero-order valence-corrected chi connectivity index (χ0v) is 11.9. The summed E-state index contributed by atoms with van der Waals surface area (Å²) in [6.07, 6.45) is 3.21. The van der Waals surface area contributed by atoms with Gasteiger partial charge in [0, 0.05) is 28.7 Å². The Hall–Kier alpha value is -2.63. The lowest BCUT2D eigenvalue weighted by Crippen LogP contribution is -2.46. The summed E-state index contributed by atoms with van der Waals surface area (Å²) < 4.78 is 0. The highest BCUT2D eigenvalue weighted by Crippen LogP contribution is 2.22. The molecule has 0 fully saturated rings. The van der Waals surface area contributed by atoms with Gasteiger partial charge in [-0.1, -0.05) is 12.1 Å². The first-order chi connectivity index (χ1) is 9.87. The highest BCUT2D eigenvalue weighted by atomic mass is 16.4. The van der Waals surface area contributed by atoms with Crippen molar-refractivity contribution in [3.8, 4) is 0 Å². The summed E-state index contributed by atoms with van der Waals surface area (Å²) in [5.74, 6) is -0.962. The summed E-state index contributed by atoms with van der Waals surface area (Å²) in [5, 5.41) is 16.0. The number of hydrogen-bond donors (Lipinski definition) is 3. The van der Waals surface area contributed by atoms with Gasteiger partial charge in [0.25, 0.3) is 0 Å². The van der Waals surface area contributed by atoms with Crippen molar-refractivity contribution >= 4 is 28.5 Å². The van der Waals surface area contributed by atoms with Gasteiger partial charge < -0.3 is 15.7 Å². The number of fused-ring (bicyclic) bond motifs is 1. The summed E-state index contributed by atoms with van der Waals surface area (Å²) in [6.45, 7) is 3.32.